The van der Waals surface area contributed by atoms with Crippen LogP contribution >= 0.6 is 0 Å². The zero-order chi connectivity index (χ0) is 22.8. The highest BCUT2D eigenvalue weighted by atomic mass is 16.5. The smallest absolute Gasteiger partial charge is 0.161 e. The molecule has 2 heterocycles. The Morgan fingerprint density at radius 2 is 1.88 bits per heavy atom. The molecule has 7 nitrogen and oxygen atoms in total. The van der Waals surface area contributed by atoms with Gasteiger partial charge in [-0.3, -0.25) is 4.90 Å². The zero-order valence-corrected chi connectivity index (χ0v) is 20.4. The maximum absolute atomic E-state index is 10.5. The summed E-state index contributed by atoms with van der Waals surface area (Å²) in [5.41, 5.74) is 1.18. The molecule has 0 bridgehead atoms. The summed E-state index contributed by atoms with van der Waals surface area (Å²) < 4.78 is 11.5. The summed E-state index contributed by atoms with van der Waals surface area (Å²) in [5, 5.41) is 14.3. The largest absolute Gasteiger partial charge is 0.493 e. The average Bonchev–Trinajstić information content (AvgIpc) is 3.01. The third-order valence-electron chi connectivity index (χ3n) is 6.66. The molecule has 0 radical (unpaired) electrons. The predicted molar refractivity (Wildman–Crippen MR) is 130 cm³/mol. The van der Waals surface area contributed by atoms with Crippen molar-refractivity contribution in [2.75, 3.05) is 73.1 Å². The summed E-state index contributed by atoms with van der Waals surface area (Å²) in [6, 6.07) is 6.68. The van der Waals surface area contributed by atoms with Gasteiger partial charge < -0.3 is 29.7 Å². The van der Waals surface area contributed by atoms with Crippen molar-refractivity contribution in [1.82, 2.24) is 20.0 Å². The van der Waals surface area contributed by atoms with Crippen LogP contribution in [0.4, 0.5) is 0 Å². The van der Waals surface area contributed by atoms with Crippen LogP contribution in [0, 0.1) is 0 Å². The highest BCUT2D eigenvalue weighted by molar-refractivity contribution is 5.43. The lowest BCUT2D eigenvalue weighted by molar-refractivity contribution is 0.0685. The van der Waals surface area contributed by atoms with E-state index in [1.165, 1.54) is 44.5 Å². The minimum absolute atomic E-state index is 0.273. The number of nitrogens with zero attached hydrogens (tertiary/aromatic N) is 3. The Kier molecular flexibility index (Phi) is 10.5. The molecule has 7 heteroatoms. The van der Waals surface area contributed by atoms with Crippen LogP contribution in [0.2, 0.25) is 0 Å². The van der Waals surface area contributed by atoms with E-state index in [1.54, 1.807) is 7.11 Å². The summed E-state index contributed by atoms with van der Waals surface area (Å²) in [5.74, 6) is 1.42. The van der Waals surface area contributed by atoms with Crippen LogP contribution in [-0.2, 0) is 6.54 Å². The van der Waals surface area contributed by atoms with Gasteiger partial charge in [0.15, 0.2) is 11.5 Å². The number of methoxy groups -OCH3 is 1. The van der Waals surface area contributed by atoms with Gasteiger partial charge in [-0.1, -0.05) is 13.0 Å². The van der Waals surface area contributed by atoms with Crippen LogP contribution in [0.15, 0.2) is 18.2 Å². The zero-order valence-electron chi connectivity index (χ0n) is 20.4. The van der Waals surface area contributed by atoms with Crippen LogP contribution in [0.25, 0.3) is 0 Å². The van der Waals surface area contributed by atoms with Gasteiger partial charge in [-0.2, -0.15) is 0 Å². The second-order valence-corrected chi connectivity index (χ2v) is 9.40. The van der Waals surface area contributed by atoms with E-state index in [0.29, 0.717) is 24.1 Å². The van der Waals surface area contributed by atoms with Gasteiger partial charge in [-0.05, 0) is 83.2 Å². The number of aliphatic hydroxyl groups is 1. The van der Waals surface area contributed by atoms with E-state index in [0.717, 1.165) is 39.1 Å². The number of rotatable bonds is 11. The Morgan fingerprint density at radius 3 is 2.62 bits per heavy atom. The molecule has 1 unspecified atom stereocenters. The van der Waals surface area contributed by atoms with Gasteiger partial charge in [-0.25, -0.2) is 0 Å². The lowest BCUT2D eigenvalue weighted by atomic mass is 10.0. The van der Waals surface area contributed by atoms with Crippen LogP contribution in [0.3, 0.4) is 0 Å². The number of likely N-dealkylation sites (tertiary alicyclic amines) is 1. The number of hydrogen-bond acceptors (Lipinski definition) is 7. The minimum Gasteiger partial charge on any atom is -0.493 e. The molecular formula is C25H44N4O3. The van der Waals surface area contributed by atoms with Crippen molar-refractivity contribution in [3.05, 3.63) is 23.8 Å². The molecular weight excluding hydrogens is 404 g/mol. The number of piperidine rings is 1. The summed E-state index contributed by atoms with van der Waals surface area (Å²) in [6.45, 7) is 11.8. The number of likely N-dealkylation sites (N-methyl/N-ethyl adjacent to an activating group) is 1. The van der Waals surface area contributed by atoms with Crippen LogP contribution in [0.1, 0.15) is 38.2 Å². The molecule has 2 saturated heterocycles. The van der Waals surface area contributed by atoms with Gasteiger partial charge in [0.2, 0.25) is 0 Å². The molecule has 0 aromatic heterocycles. The van der Waals surface area contributed by atoms with Crippen LogP contribution in [-0.4, -0.2) is 105 Å². The van der Waals surface area contributed by atoms with Crippen molar-refractivity contribution in [3.63, 3.8) is 0 Å². The van der Waals surface area contributed by atoms with Crippen molar-refractivity contribution in [1.29, 1.82) is 0 Å². The standard InChI is InChI=1S/C25H44N4O3/c1-4-10-28-13-8-22(9-14-28)26-18-21-6-7-24(31-3)25(17-21)32-20-23(30)19-29-12-5-11-27(2)15-16-29/h6-7,17,22-23,26,30H,4-5,8-16,18-20H2,1-3H3. The first-order valence-electron chi connectivity index (χ1n) is 12.4. The molecule has 0 saturated carbocycles. The third-order valence-corrected chi connectivity index (χ3v) is 6.66. The number of aliphatic hydroxyl groups excluding tert-OH is 1. The molecule has 0 aliphatic carbocycles. The Morgan fingerprint density at radius 1 is 1.06 bits per heavy atom. The molecule has 0 amide bonds. The molecule has 1 aromatic rings. The highest BCUT2D eigenvalue weighted by Gasteiger charge is 2.19. The molecule has 2 fully saturated rings. The first kappa shape index (κ1) is 25.2. The fourth-order valence-corrected chi connectivity index (χ4v) is 4.70. The monoisotopic (exact) mass is 448 g/mol. The van der Waals surface area contributed by atoms with Crippen molar-refractivity contribution in [2.24, 2.45) is 0 Å². The van der Waals surface area contributed by atoms with Crippen molar-refractivity contribution >= 4 is 0 Å². The van der Waals surface area contributed by atoms with E-state index in [-0.39, 0.29) is 6.61 Å². The normalized spacial score (nSPS) is 20.8. The Hall–Kier alpha value is -1.38. The lowest BCUT2D eigenvalue weighted by Crippen LogP contribution is -2.42. The van der Waals surface area contributed by atoms with Crippen molar-refractivity contribution in [2.45, 2.75) is 51.3 Å². The maximum Gasteiger partial charge on any atom is 0.161 e. The van der Waals surface area contributed by atoms with E-state index < -0.39 is 6.10 Å². The number of benzene rings is 1. The second-order valence-electron chi connectivity index (χ2n) is 9.40. The quantitative estimate of drug-likeness (QED) is 0.537. The van der Waals surface area contributed by atoms with E-state index in [9.17, 15) is 5.11 Å². The average molecular weight is 449 g/mol. The first-order chi connectivity index (χ1) is 15.6. The number of hydrogen-bond donors (Lipinski definition) is 2. The summed E-state index contributed by atoms with van der Waals surface area (Å²) in [6.07, 6.45) is 4.27. The predicted octanol–water partition coefficient (Wildman–Crippen LogP) is 2.04. The maximum atomic E-state index is 10.5. The van der Waals surface area contributed by atoms with Crippen LogP contribution < -0.4 is 14.8 Å². The fraction of sp³-hybridized carbons (Fsp3) is 0.760. The molecule has 2 N–H and O–H groups in total. The second kappa shape index (κ2) is 13.4. The number of ether oxygens (including phenoxy) is 2. The number of β-amino-alcohol motifs (C(OH)–C–C–N with tert-alkyl or cyclic N) is 1. The third kappa shape index (κ3) is 8.19. The van der Waals surface area contributed by atoms with Crippen molar-refractivity contribution < 1.29 is 14.6 Å². The van der Waals surface area contributed by atoms with Gasteiger partial charge in [0, 0.05) is 32.2 Å². The fourth-order valence-electron chi connectivity index (χ4n) is 4.70. The summed E-state index contributed by atoms with van der Waals surface area (Å²) in [7, 11) is 3.82. The molecule has 2 aliphatic rings. The molecule has 1 atom stereocenters. The van der Waals surface area contributed by atoms with Gasteiger partial charge in [0.25, 0.3) is 0 Å². The molecule has 182 valence electrons. The van der Waals surface area contributed by atoms with Crippen molar-refractivity contribution in [3.8, 4) is 11.5 Å². The molecule has 3 rings (SSSR count). The van der Waals surface area contributed by atoms with E-state index in [2.05, 4.69) is 40.1 Å². The Labute approximate surface area is 194 Å². The summed E-state index contributed by atoms with van der Waals surface area (Å²) in [4.78, 5) is 7.25. The lowest BCUT2D eigenvalue weighted by Gasteiger charge is -2.32. The van der Waals surface area contributed by atoms with E-state index in [1.807, 2.05) is 12.1 Å². The van der Waals surface area contributed by atoms with Gasteiger partial charge >= 0.3 is 0 Å². The summed E-state index contributed by atoms with van der Waals surface area (Å²) >= 11 is 0. The Bertz CT molecular complexity index is 667. The van der Waals surface area contributed by atoms with Gasteiger partial charge in [-0.15, -0.1) is 0 Å². The molecule has 1 aromatic carbocycles. The minimum atomic E-state index is -0.516. The van der Waals surface area contributed by atoms with Gasteiger partial charge in [0.05, 0.1) is 7.11 Å². The van der Waals surface area contributed by atoms with E-state index in [4.69, 9.17) is 9.47 Å². The van der Waals surface area contributed by atoms with Gasteiger partial charge in [0.1, 0.15) is 12.7 Å². The van der Waals surface area contributed by atoms with E-state index >= 15 is 0 Å². The van der Waals surface area contributed by atoms with Crippen LogP contribution in [0.5, 0.6) is 11.5 Å². The number of nitrogens with one attached hydrogen (secondary N) is 1. The molecule has 0 spiro atoms. The molecule has 2 aliphatic heterocycles. The molecule has 32 heavy (non-hydrogen) atoms. The first-order valence-corrected chi connectivity index (χ1v) is 12.4. The Balaban J connectivity index is 1.45. The SMILES string of the molecule is CCCN1CCC(NCc2ccc(OC)c(OCC(O)CN3CCCN(C)CC3)c2)CC1. The topological polar surface area (TPSA) is 60.4 Å². The highest BCUT2D eigenvalue weighted by Crippen LogP contribution is 2.28.